The highest BCUT2D eigenvalue weighted by atomic mass is 35.5. The lowest BCUT2D eigenvalue weighted by atomic mass is 10.0. The van der Waals surface area contributed by atoms with Gasteiger partial charge >= 0.3 is 0 Å². The average molecular weight is 266 g/mol. The van der Waals surface area contributed by atoms with E-state index in [4.69, 9.17) is 17.3 Å². The topological polar surface area (TPSA) is 46.2 Å². The number of rotatable bonds is 3. The molecule has 0 saturated heterocycles. The Morgan fingerprint density at radius 1 is 1.11 bits per heavy atom. The van der Waals surface area contributed by atoms with Crippen molar-refractivity contribution in [2.24, 2.45) is 5.73 Å². The van der Waals surface area contributed by atoms with Crippen LogP contribution in [-0.2, 0) is 6.42 Å². The summed E-state index contributed by atoms with van der Waals surface area (Å²) < 4.78 is 13.8. The molecule has 2 nitrogen and oxygen atoms in total. The molecule has 0 atom stereocenters. The molecular formula is C14H13ClFNO. The van der Waals surface area contributed by atoms with Gasteiger partial charge in [-0.3, -0.25) is 0 Å². The predicted molar refractivity (Wildman–Crippen MR) is 71.3 cm³/mol. The Morgan fingerprint density at radius 2 is 1.89 bits per heavy atom. The molecule has 0 heterocycles. The minimum absolute atomic E-state index is 0.106. The summed E-state index contributed by atoms with van der Waals surface area (Å²) in [5.41, 5.74) is 7.48. The van der Waals surface area contributed by atoms with Crippen LogP contribution in [0.15, 0.2) is 36.4 Å². The van der Waals surface area contributed by atoms with Crippen molar-refractivity contribution in [3.63, 3.8) is 0 Å². The van der Waals surface area contributed by atoms with Gasteiger partial charge in [0.05, 0.1) is 0 Å². The summed E-state index contributed by atoms with van der Waals surface area (Å²) >= 11 is 6.08. The second-order valence-electron chi connectivity index (χ2n) is 4.02. The van der Waals surface area contributed by atoms with E-state index in [9.17, 15) is 9.50 Å². The first kappa shape index (κ1) is 12.9. The molecule has 0 unspecified atom stereocenters. The number of benzene rings is 2. The second kappa shape index (κ2) is 5.38. The lowest BCUT2D eigenvalue weighted by Gasteiger charge is -2.09. The first-order chi connectivity index (χ1) is 8.61. The maximum Gasteiger partial charge on any atom is 0.134 e. The predicted octanol–water partition coefficient (Wildman–Crippen LogP) is 3.35. The molecule has 0 radical (unpaired) electrons. The fourth-order valence-corrected chi connectivity index (χ4v) is 2.04. The van der Waals surface area contributed by atoms with Gasteiger partial charge in [0.25, 0.3) is 0 Å². The number of aromatic hydroxyl groups is 1. The van der Waals surface area contributed by atoms with Gasteiger partial charge in [0.1, 0.15) is 11.6 Å². The van der Waals surface area contributed by atoms with Crippen molar-refractivity contribution in [3.8, 4) is 16.9 Å². The number of nitrogens with two attached hydrogens (primary N) is 1. The summed E-state index contributed by atoms with van der Waals surface area (Å²) in [7, 11) is 0. The third kappa shape index (κ3) is 2.63. The largest absolute Gasteiger partial charge is 0.508 e. The van der Waals surface area contributed by atoms with Gasteiger partial charge in [-0.2, -0.15) is 0 Å². The maximum atomic E-state index is 13.8. The van der Waals surface area contributed by atoms with Crippen molar-refractivity contribution >= 4 is 11.6 Å². The molecule has 0 aliphatic carbocycles. The van der Waals surface area contributed by atoms with Crippen LogP contribution in [0.1, 0.15) is 5.56 Å². The van der Waals surface area contributed by atoms with Crippen molar-refractivity contribution in [2.45, 2.75) is 6.42 Å². The van der Waals surface area contributed by atoms with E-state index in [1.807, 2.05) is 12.1 Å². The van der Waals surface area contributed by atoms with E-state index in [0.717, 1.165) is 11.6 Å². The number of phenolic OH excluding ortho intramolecular Hbond substituents is 1. The summed E-state index contributed by atoms with van der Waals surface area (Å²) in [6, 6.07) is 9.44. The standard InChI is InChI=1S/C14H13ClFNO/c15-13-4-1-9(5-6-17)7-12(13)11-3-2-10(18)8-14(11)16/h1-4,7-8,18H,5-6,17H2. The van der Waals surface area contributed by atoms with E-state index >= 15 is 0 Å². The minimum Gasteiger partial charge on any atom is -0.508 e. The van der Waals surface area contributed by atoms with Crippen molar-refractivity contribution in [2.75, 3.05) is 6.54 Å². The van der Waals surface area contributed by atoms with Gasteiger partial charge in [-0.25, -0.2) is 4.39 Å². The molecule has 0 bridgehead atoms. The Morgan fingerprint density at radius 3 is 2.56 bits per heavy atom. The van der Waals surface area contributed by atoms with E-state index in [2.05, 4.69) is 0 Å². The van der Waals surface area contributed by atoms with Gasteiger partial charge < -0.3 is 10.8 Å². The van der Waals surface area contributed by atoms with Crippen LogP contribution in [-0.4, -0.2) is 11.7 Å². The molecule has 2 aromatic carbocycles. The first-order valence-corrected chi connectivity index (χ1v) is 5.97. The van der Waals surface area contributed by atoms with Crippen molar-refractivity contribution in [1.29, 1.82) is 0 Å². The smallest absolute Gasteiger partial charge is 0.134 e. The third-order valence-corrected chi connectivity index (χ3v) is 3.04. The summed E-state index contributed by atoms with van der Waals surface area (Å²) in [5, 5.41) is 9.68. The van der Waals surface area contributed by atoms with Gasteiger partial charge in [-0.1, -0.05) is 17.7 Å². The zero-order chi connectivity index (χ0) is 13.1. The number of phenols is 1. The van der Waals surface area contributed by atoms with E-state index in [0.29, 0.717) is 29.1 Å². The van der Waals surface area contributed by atoms with Gasteiger partial charge in [-0.05, 0) is 42.8 Å². The highest BCUT2D eigenvalue weighted by Gasteiger charge is 2.10. The molecule has 0 fully saturated rings. The molecule has 4 heteroatoms. The molecule has 0 spiro atoms. The quantitative estimate of drug-likeness (QED) is 0.894. The summed E-state index contributed by atoms with van der Waals surface area (Å²) in [6.45, 7) is 0.527. The van der Waals surface area contributed by atoms with Crippen molar-refractivity contribution < 1.29 is 9.50 Å². The lowest BCUT2D eigenvalue weighted by molar-refractivity contribution is 0.469. The minimum atomic E-state index is -0.498. The van der Waals surface area contributed by atoms with Gasteiger partial charge in [0, 0.05) is 22.2 Å². The molecule has 0 aliphatic rings. The second-order valence-corrected chi connectivity index (χ2v) is 4.42. The van der Waals surface area contributed by atoms with E-state index in [-0.39, 0.29) is 5.75 Å². The fourth-order valence-electron chi connectivity index (χ4n) is 1.82. The van der Waals surface area contributed by atoms with Crippen LogP contribution in [0.25, 0.3) is 11.1 Å². The van der Waals surface area contributed by atoms with Crippen LogP contribution in [0, 0.1) is 5.82 Å². The maximum absolute atomic E-state index is 13.8. The number of halogens is 2. The van der Waals surface area contributed by atoms with Crippen molar-refractivity contribution in [3.05, 3.63) is 52.8 Å². The first-order valence-electron chi connectivity index (χ1n) is 5.59. The van der Waals surface area contributed by atoms with E-state index < -0.39 is 5.82 Å². The third-order valence-electron chi connectivity index (χ3n) is 2.71. The monoisotopic (exact) mass is 265 g/mol. The molecule has 3 N–H and O–H groups in total. The van der Waals surface area contributed by atoms with Crippen LogP contribution in [0.2, 0.25) is 5.02 Å². The molecule has 0 saturated carbocycles. The van der Waals surface area contributed by atoms with Crippen molar-refractivity contribution in [1.82, 2.24) is 0 Å². The van der Waals surface area contributed by atoms with Crippen LogP contribution in [0.4, 0.5) is 4.39 Å². The molecule has 94 valence electrons. The van der Waals surface area contributed by atoms with Crippen LogP contribution < -0.4 is 5.73 Å². The molecule has 18 heavy (non-hydrogen) atoms. The van der Waals surface area contributed by atoms with Crippen LogP contribution >= 0.6 is 11.6 Å². The molecular weight excluding hydrogens is 253 g/mol. The zero-order valence-corrected chi connectivity index (χ0v) is 10.4. The normalized spacial score (nSPS) is 10.6. The Labute approximate surface area is 110 Å². The summed E-state index contributed by atoms with van der Waals surface area (Å²) in [5.74, 6) is -0.604. The van der Waals surface area contributed by atoms with E-state index in [1.165, 1.54) is 12.1 Å². The lowest BCUT2D eigenvalue weighted by Crippen LogP contribution is -2.02. The Balaban J connectivity index is 2.51. The number of hydrogen-bond donors (Lipinski definition) is 2. The van der Waals surface area contributed by atoms with Gasteiger partial charge in [0.15, 0.2) is 0 Å². The van der Waals surface area contributed by atoms with Gasteiger partial charge in [-0.15, -0.1) is 0 Å². The number of hydrogen-bond acceptors (Lipinski definition) is 2. The fraction of sp³-hybridized carbons (Fsp3) is 0.143. The van der Waals surface area contributed by atoms with Crippen LogP contribution in [0.3, 0.4) is 0 Å². The molecule has 2 rings (SSSR count). The summed E-state index contributed by atoms with van der Waals surface area (Å²) in [6.07, 6.45) is 0.712. The Kier molecular flexibility index (Phi) is 3.84. The molecule has 0 amide bonds. The zero-order valence-electron chi connectivity index (χ0n) is 9.66. The molecule has 0 aromatic heterocycles. The average Bonchev–Trinajstić information content (AvgIpc) is 2.33. The highest BCUT2D eigenvalue weighted by molar-refractivity contribution is 6.33. The van der Waals surface area contributed by atoms with E-state index in [1.54, 1.807) is 6.07 Å². The summed E-state index contributed by atoms with van der Waals surface area (Å²) in [4.78, 5) is 0. The molecule has 2 aromatic rings. The Hall–Kier alpha value is -1.58. The molecule has 0 aliphatic heterocycles. The SMILES string of the molecule is NCCc1ccc(Cl)c(-c2ccc(O)cc2F)c1. The van der Waals surface area contributed by atoms with Crippen LogP contribution in [0.5, 0.6) is 5.75 Å². The highest BCUT2D eigenvalue weighted by Crippen LogP contribution is 2.32. The van der Waals surface area contributed by atoms with Gasteiger partial charge in [0.2, 0.25) is 0 Å². The Bertz CT molecular complexity index is 572.